The molecule has 3 saturated heterocycles. The van der Waals surface area contributed by atoms with Gasteiger partial charge < -0.3 is 29.4 Å². The summed E-state index contributed by atoms with van der Waals surface area (Å²) < 4.78 is 6.36. The molecule has 0 saturated carbocycles. The summed E-state index contributed by atoms with van der Waals surface area (Å²) in [7, 11) is 2.14. The third-order valence-corrected chi connectivity index (χ3v) is 10.0. The molecule has 10 nitrogen and oxygen atoms in total. The van der Waals surface area contributed by atoms with Crippen molar-refractivity contribution in [2.24, 2.45) is 5.92 Å². The summed E-state index contributed by atoms with van der Waals surface area (Å²) in [5.41, 5.74) is 4.68. The number of likely N-dealkylation sites (tertiary alicyclic amines) is 1. The Balaban J connectivity index is 1.28. The molecule has 3 aliphatic heterocycles. The average Bonchev–Trinajstić information content (AvgIpc) is 3.58. The third-order valence-electron chi connectivity index (χ3n) is 10.0. The van der Waals surface area contributed by atoms with Crippen LogP contribution in [0, 0.1) is 24.2 Å². The lowest BCUT2D eigenvalue weighted by molar-refractivity contribution is 0.119. The number of anilines is 2. The first-order valence-corrected chi connectivity index (χ1v) is 15.5. The molecule has 7 rings (SSSR count). The van der Waals surface area contributed by atoms with Crippen molar-refractivity contribution in [3.05, 3.63) is 53.2 Å². The van der Waals surface area contributed by atoms with Gasteiger partial charge in [-0.05, 0) is 69.1 Å². The number of carbonyl (C=O) groups is 1. The van der Waals surface area contributed by atoms with Crippen LogP contribution in [0.3, 0.4) is 0 Å². The average molecular weight is 582 g/mol. The Labute approximate surface area is 252 Å². The molecule has 43 heavy (non-hydrogen) atoms. The number of aryl methyl sites for hydroxylation is 1. The lowest BCUT2D eigenvalue weighted by Gasteiger charge is -2.41. The highest BCUT2D eigenvalue weighted by Crippen LogP contribution is 2.49. The van der Waals surface area contributed by atoms with Gasteiger partial charge in [0.2, 0.25) is 0 Å². The van der Waals surface area contributed by atoms with Crippen molar-refractivity contribution in [2.75, 3.05) is 56.2 Å². The van der Waals surface area contributed by atoms with Crippen molar-refractivity contribution in [1.82, 2.24) is 19.8 Å². The normalized spacial score (nSPS) is 25.2. The molecule has 2 bridgehead atoms. The van der Waals surface area contributed by atoms with Crippen LogP contribution in [0.15, 0.2) is 36.4 Å². The SMILES string of the molecule is Cc1cccc2cccc(N3C[C@@H]4Cc5c(nc(OCC6CCCN6C)nc5N5CCN(C(=O)O)C(CC#N)C5)[C@H]3C4)c12. The molecular weight excluding hydrogens is 542 g/mol. The molecule has 10 heteroatoms. The molecule has 1 amide bonds. The largest absolute Gasteiger partial charge is 0.465 e. The molecule has 2 aromatic carbocycles. The van der Waals surface area contributed by atoms with Crippen LogP contribution in [0.2, 0.25) is 0 Å². The van der Waals surface area contributed by atoms with E-state index in [9.17, 15) is 15.2 Å². The van der Waals surface area contributed by atoms with Gasteiger partial charge in [0.25, 0.3) is 0 Å². The molecule has 1 N–H and O–H groups in total. The Hall–Kier alpha value is -4.10. The highest BCUT2D eigenvalue weighted by molar-refractivity contribution is 5.97. The number of nitrogens with zero attached hydrogens (tertiary/aromatic N) is 7. The van der Waals surface area contributed by atoms with Crippen LogP contribution in [0.5, 0.6) is 6.01 Å². The zero-order chi connectivity index (χ0) is 29.7. The van der Waals surface area contributed by atoms with Gasteiger partial charge in [-0.15, -0.1) is 0 Å². The number of hydrogen-bond acceptors (Lipinski definition) is 8. The molecule has 0 radical (unpaired) electrons. The lowest BCUT2D eigenvalue weighted by atomic mass is 9.87. The standard InChI is InChI=1S/C33H39N7O3/c1-21-6-3-7-23-8-4-10-27(29(21)23)40-18-22-16-26-30(28(40)17-22)35-32(43-20-25-9-5-13-37(25)2)36-31(26)38-14-15-39(33(41)42)24(19-38)11-12-34/h3-4,6-8,10,22,24-25,28H,5,9,11,13-20H2,1-2H3,(H,41,42)/t22-,24?,25?,28-/m1/s1. The van der Waals surface area contributed by atoms with E-state index in [1.54, 1.807) is 0 Å². The number of ether oxygens (including phenoxy) is 1. The fourth-order valence-corrected chi connectivity index (χ4v) is 7.84. The van der Waals surface area contributed by atoms with E-state index in [2.05, 4.69) is 71.1 Å². The van der Waals surface area contributed by atoms with Gasteiger partial charge >= 0.3 is 12.1 Å². The summed E-state index contributed by atoms with van der Waals surface area (Å²) in [6.07, 6.45) is 3.33. The fourth-order valence-electron chi connectivity index (χ4n) is 7.84. The molecule has 224 valence electrons. The topological polar surface area (TPSA) is 109 Å². The van der Waals surface area contributed by atoms with Crippen molar-refractivity contribution in [2.45, 2.75) is 57.2 Å². The van der Waals surface area contributed by atoms with Crippen LogP contribution in [-0.4, -0.2) is 89.4 Å². The molecule has 2 unspecified atom stereocenters. The van der Waals surface area contributed by atoms with E-state index < -0.39 is 12.1 Å². The number of likely N-dealkylation sites (N-methyl/N-ethyl adjacent to an activating group) is 1. The first-order chi connectivity index (χ1) is 20.9. The van der Waals surface area contributed by atoms with Gasteiger partial charge in [0.1, 0.15) is 12.4 Å². The highest BCUT2D eigenvalue weighted by atomic mass is 16.5. The molecular formula is C33H39N7O3. The van der Waals surface area contributed by atoms with Gasteiger partial charge in [0.05, 0.1) is 30.3 Å². The van der Waals surface area contributed by atoms with Gasteiger partial charge in [-0.25, -0.2) is 4.79 Å². The molecule has 4 heterocycles. The van der Waals surface area contributed by atoms with Crippen molar-refractivity contribution in [1.29, 1.82) is 5.26 Å². The van der Waals surface area contributed by atoms with Crippen LogP contribution >= 0.6 is 0 Å². The summed E-state index contributed by atoms with van der Waals surface area (Å²) in [5, 5.41) is 21.8. The molecule has 1 aromatic heterocycles. The monoisotopic (exact) mass is 581 g/mol. The van der Waals surface area contributed by atoms with Gasteiger partial charge in [-0.1, -0.05) is 30.3 Å². The second-order valence-electron chi connectivity index (χ2n) is 12.6. The maximum Gasteiger partial charge on any atom is 0.407 e. The minimum atomic E-state index is -0.978. The van der Waals surface area contributed by atoms with Gasteiger partial charge in [0, 0.05) is 48.9 Å². The number of nitriles is 1. The molecule has 3 fully saturated rings. The Kier molecular flexibility index (Phi) is 7.21. The number of fused-ring (bicyclic) bond motifs is 5. The van der Waals surface area contributed by atoms with E-state index >= 15 is 0 Å². The number of aromatic nitrogens is 2. The molecule has 1 aliphatic carbocycles. The summed E-state index contributed by atoms with van der Waals surface area (Å²) in [4.78, 5) is 30.5. The quantitative estimate of drug-likeness (QED) is 0.446. The Morgan fingerprint density at radius 1 is 1.12 bits per heavy atom. The van der Waals surface area contributed by atoms with Crippen LogP contribution in [0.4, 0.5) is 16.3 Å². The maximum absolute atomic E-state index is 11.9. The smallest absolute Gasteiger partial charge is 0.407 e. The summed E-state index contributed by atoms with van der Waals surface area (Å²) in [5.74, 6) is 1.31. The minimum absolute atomic E-state index is 0.104. The predicted molar refractivity (Wildman–Crippen MR) is 165 cm³/mol. The third kappa shape index (κ3) is 4.99. The Morgan fingerprint density at radius 3 is 2.72 bits per heavy atom. The van der Waals surface area contributed by atoms with Gasteiger partial charge in [-0.3, -0.25) is 0 Å². The Morgan fingerprint density at radius 2 is 1.95 bits per heavy atom. The van der Waals surface area contributed by atoms with Crippen molar-refractivity contribution in [3.8, 4) is 12.1 Å². The van der Waals surface area contributed by atoms with Crippen LogP contribution in [0.1, 0.15) is 48.5 Å². The number of amides is 1. The molecule has 0 spiro atoms. The summed E-state index contributed by atoms with van der Waals surface area (Å²) >= 11 is 0. The van der Waals surface area contributed by atoms with Gasteiger partial charge in [-0.2, -0.15) is 15.2 Å². The van der Waals surface area contributed by atoms with Crippen molar-refractivity contribution < 1.29 is 14.6 Å². The first kappa shape index (κ1) is 27.7. The zero-order valence-corrected chi connectivity index (χ0v) is 24.9. The summed E-state index contributed by atoms with van der Waals surface area (Å²) in [6.45, 7) is 6.01. The fraction of sp³-hybridized carbons (Fsp3) is 0.515. The highest BCUT2D eigenvalue weighted by Gasteiger charge is 2.43. The van der Waals surface area contributed by atoms with Crippen molar-refractivity contribution >= 4 is 28.4 Å². The Bertz CT molecular complexity index is 1580. The van der Waals surface area contributed by atoms with E-state index in [1.807, 2.05) is 0 Å². The van der Waals surface area contributed by atoms with E-state index in [1.165, 1.54) is 26.9 Å². The first-order valence-electron chi connectivity index (χ1n) is 15.5. The van der Waals surface area contributed by atoms with Crippen molar-refractivity contribution in [3.63, 3.8) is 0 Å². The van der Waals surface area contributed by atoms with E-state index in [0.717, 1.165) is 55.8 Å². The van der Waals surface area contributed by atoms with Crippen LogP contribution in [-0.2, 0) is 6.42 Å². The zero-order valence-electron chi connectivity index (χ0n) is 24.9. The number of rotatable bonds is 6. The maximum atomic E-state index is 11.9. The number of hydrogen-bond donors (Lipinski definition) is 1. The molecule has 3 aromatic rings. The number of benzene rings is 2. The molecule has 4 aliphatic rings. The number of piperazine rings is 1. The van der Waals surface area contributed by atoms with Gasteiger partial charge in [0.15, 0.2) is 0 Å². The van der Waals surface area contributed by atoms with Crippen LogP contribution < -0.4 is 14.5 Å². The van der Waals surface area contributed by atoms with E-state index in [0.29, 0.717) is 44.2 Å². The summed E-state index contributed by atoms with van der Waals surface area (Å²) in [6, 6.07) is 15.7. The predicted octanol–water partition coefficient (Wildman–Crippen LogP) is 4.62. The van der Waals surface area contributed by atoms with Crippen LogP contribution in [0.25, 0.3) is 10.8 Å². The minimum Gasteiger partial charge on any atom is -0.465 e. The second kappa shape index (κ2) is 11.2. The van der Waals surface area contributed by atoms with E-state index in [4.69, 9.17) is 14.7 Å². The lowest BCUT2D eigenvalue weighted by Crippen LogP contribution is -2.55. The second-order valence-corrected chi connectivity index (χ2v) is 12.6. The van der Waals surface area contributed by atoms with E-state index in [-0.39, 0.29) is 12.5 Å². The number of carboxylic acid groups (broad SMARTS) is 1. The molecule has 4 atom stereocenters.